The predicted octanol–water partition coefficient (Wildman–Crippen LogP) is 1.41. The monoisotopic (exact) mass is 219 g/mol. The van der Waals surface area contributed by atoms with Crippen LogP contribution in [0.5, 0.6) is 0 Å². The number of hydrogen-bond acceptors (Lipinski definition) is 4. The van der Waals surface area contributed by atoms with Gasteiger partial charge in [0.25, 0.3) is 5.78 Å². The van der Waals surface area contributed by atoms with Crippen molar-refractivity contribution in [3.8, 4) is 0 Å². The van der Waals surface area contributed by atoms with E-state index in [1.54, 1.807) is 37.3 Å². The quantitative estimate of drug-likeness (QED) is 0.360. The lowest BCUT2D eigenvalue weighted by Gasteiger charge is -1.96. The number of rotatable bonds is 4. The molecule has 0 radical (unpaired) electrons. The molecule has 16 heavy (non-hydrogen) atoms. The first-order valence-corrected chi connectivity index (χ1v) is 4.88. The van der Waals surface area contributed by atoms with Crippen LogP contribution in [0.1, 0.15) is 12.5 Å². The Bertz CT molecular complexity index is 407. The molecule has 4 nitrogen and oxygen atoms in total. The second kappa shape index (κ2) is 5.70. The lowest BCUT2D eigenvalue weighted by Crippen LogP contribution is -2.14. The Morgan fingerprint density at radius 2 is 1.94 bits per heavy atom. The van der Waals surface area contributed by atoms with Crippen LogP contribution < -0.4 is 5.73 Å². The van der Waals surface area contributed by atoms with Crippen LogP contribution in [0.25, 0.3) is 6.08 Å². The van der Waals surface area contributed by atoms with Crippen molar-refractivity contribution in [2.24, 2.45) is 0 Å². The van der Waals surface area contributed by atoms with Gasteiger partial charge in [-0.3, -0.25) is 4.79 Å². The van der Waals surface area contributed by atoms with Crippen LogP contribution in [0, 0.1) is 0 Å². The fourth-order valence-electron chi connectivity index (χ4n) is 1.05. The number of ether oxygens (including phenoxy) is 1. The SMILES string of the molecule is CCOC(=O)C(=O)/C=C/c1ccc(N)cc1. The summed E-state index contributed by atoms with van der Waals surface area (Å²) in [4.78, 5) is 22.2. The van der Waals surface area contributed by atoms with E-state index in [1.165, 1.54) is 6.08 Å². The molecule has 0 aliphatic carbocycles. The molecule has 2 N–H and O–H groups in total. The number of nitrogens with two attached hydrogens (primary N) is 1. The van der Waals surface area contributed by atoms with E-state index in [2.05, 4.69) is 4.74 Å². The summed E-state index contributed by atoms with van der Waals surface area (Å²) in [6.45, 7) is 1.84. The molecular weight excluding hydrogens is 206 g/mol. The largest absolute Gasteiger partial charge is 0.460 e. The highest BCUT2D eigenvalue weighted by Gasteiger charge is 2.09. The Labute approximate surface area is 93.7 Å². The van der Waals surface area contributed by atoms with Gasteiger partial charge in [0.15, 0.2) is 0 Å². The van der Waals surface area contributed by atoms with Crippen molar-refractivity contribution < 1.29 is 14.3 Å². The normalized spacial score (nSPS) is 10.3. The van der Waals surface area contributed by atoms with E-state index in [4.69, 9.17) is 5.73 Å². The van der Waals surface area contributed by atoms with Crippen LogP contribution >= 0.6 is 0 Å². The van der Waals surface area contributed by atoms with Crippen molar-refractivity contribution in [3.05, 3.63) is 35.9 Å². The fraction of sp³-hybridized carbons (Fsp3) is 0.167. The maximum atomic E-state index is 11.2. The molecule has 0 heterocycles. The number of benzene rings is 1. The van der Waals surface area contributed by atoms with Gasteiger partial charge >= 0.3 is 5.97 Å². The third-order valence-electron chi connectivity index (χ3n) is 1.84. The number of anilines is 1. The molecule has 0 saturated carbocycles. The topological polar surface area (TPSA) is 69.4 Å². The van der Waals surface area contributed by atoms with E-state index in [1.807, 2.05) is 0 Å². The average molecular weight is 219 g/mol. The van der Waals surface area contributed by atoms with Crippen molar-refractivity contribution in [1.29, 1.82) is 0 Å². The van der Waals surface area contributed by atoms with Gasteiger partial charge in [-0.25, -0.2) is 4.79 Å². The highest BCUT2D eigenvalue weighted by Crippen LogP contribution is 2.06. The molecule has 0 amide bonds. The van der Waals surface area contributed by atoms with Crippen LogP contribution in [0.15, 0.2) is 30.3 Å². The maximum Gasteiger partial charge on any atom is 0.379 e. The molecule has 1 aromatic carbocycles. The second-order valence-corrected chi connectivity index (χ2v) is 3.08. The second-order valence-electron chi connectivity index (χ2n) is 3.08. The Morgan fingerprint density at radius 1 is 1.31 bits per heavy atom. The smallest absolute Gasteiger partial charge is 0.379 e. The minimum absolute atomic E-state index is 0.195. The number of esters is 1. The summed E-state index contributed by atoms with van der Waals surface area (Å²) in [5, 5.41) is 0. The zero-order valence-electron chi connectivity index (χ0n) is 8.97. The summed E-state index contributed by atoms with van der Waals surface area (Å²) >= 11 is 0. The van der Waals surface area contributed by atoms with Gasteiger partial charge in [-0.05, 0) is 30.7 Å². The first-order valence-electron chi connectivity index (χ1n) is 4.88. The molecule has 0 fully saturated rings. The zero-order valence-corrected chi connectivity index (χ0v) is 8.97. The minimum Gasteiger partial charge on any atom is -0.460 e. The maximum absolute atomic E-state index is 11.2. The van der Waals surface area contributed by atoms with E-state index in [9.17, 15) is 9.59 Å². The number of carbonyl (C=O) groups excluding carboxylic acids is 2. The van der Waals surface area contributed by atoms with Crippen LogP contribution in [-0.4, -0.2) is 18.4 Å². The van der Waals surface area contributed by atoms with Crippen LogP contribution in [0.3, 0.4) is 0 Å². The zero-order chi connectivity index (χ0) is 12.0. The van der Waals surface area contributed by atoms with Crippen molar-refractivity contribution >= 4 is 23.5 Å². The highest BCUT2D eigenvalue weighted by atomic mass is 16.5. The van der Waals surface area contributed by atoms with E-state index in [0.717, 1.165) is 5.56 Å². The highest BCUT2D eigenvalue weighted by molar-refractivity contribution is 6.39. The molecule has 1 rings (SSSR count). The third-order valence-corrected chi connectivity index (χ3v) is 1.84. The molecule has 0 spiro atoms. The van der Waals surface area contributed by atoms with E-state index in [0.29, 0.717) is 5.69 Å². The van der Waals surface area contributed by atoms with Gasteiger partial charge in [0.05, 0.1) is 6.61 Å². The van der Waals surface area contributed by atoms with Gasteiger partial charge in [0.1, 0.15) is 0 Å². The molecule has 84 valence electrons. The summed E-state index contributed by atoms with van der Waals surface area (Å²) in [6, 6.07) is 6.94. The standard InChI is InChI=1S/C12H13NO3/c1-2-16-12(15)11(14)8-5-9-3-6-10(13)7-4-9/h3-8H,2,13H2,1H3/b8-5+. The molecule has 0 saturated heterocycles. The molecule has 0 unspecified atom stereocenters. The Kier molecular flexibility index (Phi) is 4.27. The van der Waals surface area contributed by atoms with E-state index >= 15 is 0 Å². The van der Waals surface area contributed by atoms with Crippen molar-refractivity contribution in [3.63, 3.8) is 0 Å². The van der Waals surface area contributed by atoms with Crippen molar-refractivity contribution in [2.75, 3.05) is 12.3 Å². The van der Waals surface area contributed by atoms with Crippen molar-refractivity contribution in [1.82, 2.24) is 0 Å². The minimum atomic E-state index is -0.839. The summed E-state index contributed by atoms with van der Waals surface area (Å²) in [6.07, 6.45) is 2.72. The fourth-order valence-corrected chi connectivity index (χ4v) is 1.05. The van der Waals surface area contributed by atoms with Crippen LogP contribution in [-0.2, 0) is 14.3 Å². The van der Waals surface area contributed by atoms with Gasteiger partial charge in [-0.15, -0.1) is 0 Å². The average Bonchev–Trinajstić information content (AvgIpc) is 2.28. The molecule has 0 aliphatic heterocycles. The first kappa shape index (κ1) is 12.0. The Hall–Kier alpha value is -2.10. The lowest BCUT2D eigenvalue weighted by atomic mass is 10.2. The molecule has 0 bridgehead atoms. The van der Waals surface area contributed by atoms with E-state index < -0.39 is 11.8 Å². The summed E-state index contributed by atoms with van der Waals surface area (Å²) in [5.41, 5.74) is 6.95. The molecular formula is C12H13NO3. The van der Waals surface area contributed by atoms with Gasteiger partial charge in [0.2, 0.25) is 0 Å². The van der Waals surface area contributed by atoms with E-state index in [-0.39, 0.29) is 6.61 Å². The number of hydrogen-bond donors (Lipinski definition) is 1. The Balaban J connectivity index is 2.63. The Morgan fingerprint density at radius 3 is 2.50 bits per heavy atom. The molecule has 1 aromatic rings. The number of carbonyl (C=O) groups is 2. The predicted molar refractivity (Wildman–Crippen MR) is 61.5 cm³/mol. The van der Waals surface area contributed by atoms with Crippen LogP contribution in [0.4, 0.5) is 5.69 Å². The van der Waals surface area contributed by atoms with Crippen molar-refractivity contribution in [2.45, 2.75) is 6.92 Å². The molecule has 0 aliphatic rings. The van der Waals surface area contributed by atoms with Gasteiger partial charge in [0, 0.05) is 5.69 Å². The number of nitrogen functional groups attached to an aromatic ring is 1. The summed E-state index contributed by atoms with van der Waals surface area (Å²) in [7, 11) is 0. The molecule has 0 aromatic heterocycles. The van der Waals surface area contributed by atoms with Crippen LogP contribution in [0.2, 0.25) is 0 Å². The third kappa shape index (κ3) is 3.57. The molecule has 4 heteroatoms. The van der Waals surface area contributed by atoms with Gasteiger partial charge in [-0.1, -0.05) is 18.2 Å². The summed E-state index contributed by atoms with van der Waals surface area (Å²) in [5.74, 6) is -1.51. The number of ketones is 1. The van der Waals surface area contributed by atoms with Gasteiger partial charge in [-0.2, -0.15) is 0 Å². The first-order chi connectivity index (χ1) is 7.63. The molecule has 0 atom stereocenters. The lowest BCUT2D eigenvalue weighted by molar-refractivity contribution is -0.151. The van der Waals surface area contributed by atoms with Gasteiger partial charge < -0.3 is 10.5 Å². The summed E-state index contributed by atoms with van der Waals surface area (Å²) < 4.78 is 4.55.